The van der Waals surface area contributed by atoms with Crippen molar-refractivity contribution in [2.75, 3.05) is 0 Å². The van der Waals surface area contributed by atoms with E-state index in [0.29, 0.717) is 0 Å². The molecule has 0 aromatic heterocycles. The van der Waals surface area contributed by atoms with Gasteiger partial charge in [-0.15, -0.1) is 0 Å². The average Bonchev–Trinajstić information content (AvgIpc) is 2.05. The van der Waals surface area contributed by atoms with Crippen LogP contribution in [0.5, 0.6) is 0 Å². The fourth-order valence-electron chi connectivity index (χ4n) is 0.903. The van der Waals surface area contributed by atoms with Gasteiger partial charge in [0, 0.05) is 32.7 Å². The normalized spacial score (nSPS) is 14.3. The molecule has 0 bridgehead atoms. The first-order chi connectivity index (χ1) is 5.70. The van der Waals surface area contributed by atoms with Crippen LogP contribution in [-0.2, 0) is 48.3 Å². The van der Waals surface area contributed by atoms with Gasteiger partial charge < -0.3 is 0 Å². The molecule has 0 fully saturated rings. The van der Waals surface area contributed by atoms with Gasteiger partial charge in [-0.05, 0) is 12.5 Å². The van der Waals surface area contributed by atoms with Crippen LogP contribution in [0, 0.1) is 0 Å². The summed E-state index contributed by atoms with van der Waals surface area (Å²) in [4.78, 5) is 0. The van der Waals surface area contributed by atoms with Crippen LogP contribution in [0.4, 0.5) is 0 Å². The van der Waals surface area contributed by atoms with E-state index < -0.39 is 11.4 Å². The molecule has 1 rings (SSSR count). The van der Waals surface area contributed by atoms with E-state index >= 15 is 0 Å². The molecule has 1 N–H and O–H groups in total. The zero-order valence-electron chi connectivity index (χ0n) is 7.21. The summed E-state index contributed by atoms with van der Waals surface area (Å²) in [5, 5.41) is 0. The Balaban J connectivity index is 0.00000144. The van der Waals surface area contributed by atoms with Crippen molar-refractivity contribution in [2.24, 2.45) is 0 Å². The number of hydrogen-bond acceptors (Lipinski definition) is 2. The van der Waals surface area contributed by atoms with Crippen molar-refractivity contribution >= 4 is 11.4 Å². The van der Waals surface area contributed by atoms with Crippen molar-refractivity contribution in [1.82, 2.24) is 0 Å². The second-order valence-corrected chi connectivity index (χ2v) is 2.99. The quantitative estimate of drug-likeness (QED) is 0.857. The SMILES string of the molecule is C[C@@H](OS(=O)O)c1ccccc1.[Y]. The Labute approximate surface area is 105 Å². The molecule has 13 heavy (non-hydrogen) atoms. The summed E-state index contributed by atoms with van der Waals surface area (Å²) >= 11 is -2.20. The zero-order chi connectivity index (χ0) is 8.97. The predicted molar refractivity (Wildman–Crippen MR) is 46.7 cm³/mol. The molecule has 0 heterocycles. The van der Waals surface area contributed by atoms with Crippen LogP contribution >= 0.6 is 0 Å². The number of rotatable bonds is 3. The topological polar surface area (TPSA) is 46.5 Å². The summed E-state index contributed by atoms with van der Waals surface area (Å²) in [6.07, 6.45) is -0.350. The van der Waals surface area contributed by atoms with Gasteiger partial charge in [0.2, 0.25) is 0 Å². The monoisotopic (exact) mass is 275 g/mol. The van der Waals surface area contributed by atoms with Crippen molar-refractivity contribution < 1.29 is 45.7 Å². The molecule has 0 saturated carbocycles. The molecular weight excluding hydrogens is 265 g/mol. The first kappa shape index (κ1) is 13.4. The molecule has 0 aliphatic carbocycles. The second-order valence-electron chi connectivity index (χ2n) is 2.37. The second kappa shape index (κ2) is 6.79. The number of benzene rings is 1. The third kappa shape index (κ3) is 4.98. The van der Waals surface area contributed by atoms with E-state index in [0.717, 1.165) is 5.56 Å². The van der Waals surface area contributed by atoms with Crippen molar-refractivity contribution in [3.63, 3.8) is 0 Å². The standard InChI is InChI=1S/C8H10O3S.Y/c1-7(11-12(9)10)8-5-3-2-4-6-8;/h2-7H,1H3,(H,9,10);/t7-;/m1./s1. The zero-order valence-corrected chi connectivity index (χ0v) is 10.9. The molecule has 2 atom stereocenters. The maximum atomic E-state index is 10.3. The molecule has 0 saturated heterocycles. The Kier molecular flexibility index (Phi) is 7.00. The molecule has 3 nitrogen and oxygen atoms in total. The molecule has 1 aromatic rings. The molecule has 69 valence electrons. The van der Waals surface area contributed by atoms with E-state index in [2.05, 4.69) is 4.18 Å². The number of hydrogen-bond donors (Lipinski definition) is 1. The summed E-state index contributed by atoms with van der Waals surface area (Å²) in [7, 11) is 0. The first-order valence-electron chi connectivity index (χ1n) is 3.53. The third-order valence-electron chi connectivity index (χ3n) is 1.50. The molecule has 0 spiro atoms. The van der Waals surface area contributed by atoms with Gasteiger partial charge in [-0.1, -0.05) is 30.3 Å². The maximum absolute atomic E-state index is 10.3. The molecular formula is C8H10O3SY. The minimum atomic E-state index is -2.20. The molecule has 0 aliphatic rings. The van der Waals surface area contributed by atoms with Crippen LogP contribution in [-0.4, -0.2) is 8.76 Å². The van der Waals surface area contributed by atoms with Gasteiger partial charge in [0.25, 0.3) is 0 Å². The third-order valence-corrected chi connectivity index (χ3v) is 1.95. The van der Waals surface area contributed by atoms with Gasteiger partial charge in [-0.3, -0.25) is 8.74 Å². The van der Waals surface area contributed by atoms with Crippen molar-refractivity contribution in [2.45, 2.75) is 13.0 Å². The van der Waals surface area contributed by atoms with Crippen molar-refractivity contribution in [3.8, 4) is 0 Å². The van der Waals surface area contributed by atoms with Gasteiger partial charge in [-0.2, -0.15) is 4.21 Å². The van der Waals surface area contributed by atoms with Crippen molar-refractivity contribution in [3.05, 3.63) is 35.9 Å². The van der Waals surface area contributed by atoms with Crippen LogP contribution in [0.2, 0.25) is 0 Å². The molecule has 0 amide bonds. The predicted octanol–water partition coefficient (Wildman–Crippen LogP) is 1.90. The smallest absolute Gasteiger partial charge is 0.284 e. The Morgan fingerprint density at radius 2 is 1.92 bits per heavy atom. The van der Waals surface area contributed by atoms with Crippen LogP contribution in [0.15, 0.2) is 30.3 Å². The maximum Gasteiger partial charge on any atom is 0.302 e. The Bertz CT molecular complexity index is 265. The van der Waals surface area contributed by atoms with Crippen LogP contribution in [0.1, 0.15) is 18.6 Å². The summed E-state index contributed by atoms with van der Waals surface area (Å²) < 4.78 is 23.4. The van der Waals surface area contributed by atoms with Gasteiger partial charge >= 0.3 is 11.4 Å². The van der Waals surface area contributed by atoms with E-state index in [4.69, 9.17) is 4.55 Å². The first-order valence-corrected chi connectivity index (χ1v) is 4.56. The molecule has 5 heteroatoms. The largest absolute Gasteiger partial charge is 0.302 e. The molecule has 1 aromatic carbocycles. The summed E-state index contributed by atoms with van der Waals surface area (Å²) in [6.45, 7) is 1.73. The van der Waals surface area contributed by atoms with E-state index in [9.17, 15) is 4.21 Å². The summed E-state index contributed by atoms with van der Waals surface area (Å²) in [6, 6.07) is 9.28. The minimum Gasteiger partial charge on any atom is -0.284 e. The molecule has 0 aliphatic heterocycles. The van der Waals surface area contributed by atoms with E-state index in [1.807, 2.05) is 30.3 Å². The van der Waals surface area contributed by atoms with E-state index in [1.54, 1.807) is 6.92 Å². The van der Waals surface area contributed by atoms with Gasteiger partial charge in [0.05, 0.1) is 6.10 Å². The Morgan fingerprint density at radius 3 is 2.38 bits per heavy atom. The van der Waals surface area contributed by atoms with Crippen LogP contribution in [0.3, 0.4) is 0 Å². The average molecular weight is 275 g/mol. The van der Waals surface area contributed by atoms with Crippen LogP contribution in [0.25, 0.3) is 0 Å². The Morgan fingerprint density at radius 1 is 1.38 bits per heavy atom. The fourth-order valence-corrected chi connectivity index (χ4v) is 1.26. The van der Waals surface area contributed by atoms with Gasteiger partial charge in [0.1, 0.15) is 0 Å². The minimum absolute atomic E-state index is 0. The van der Waals surface area contributed by atoms with E-state index in [1.165, 1.54) is 0 Å². The summed E-state index contributed by atoms with van der Waals surface area (Å²) in [5.74, 6) is 0. The Hall–Kier alpha value is 0.394. The summed E-state index contributed by atoms with van der Waals surface area (Å²) in [5.41, 5.74) is 0.889. The van der Waals surface area contributed by atoms with Crippen molar-refractivity contribution in [1.29, 1.82) is 0 Å². The van der Waals surface area contributed by atoms with E-state index in [-0.39, 0.29) is 38.8 Å². The van der Waals surface area contributed by atoms with Gasteiger partial charge in [0.15, 0.2) is 0 Å². The molecule has 1 radical (unpaired) electrons. The van der Waals surface area contributed by atoms with Gasteiger partial charge in [-0.25, -0.2) is 0 Å². The van der Waals surface area contributed by atoms with Crippen LogP contribution < -0.4 is 0 Å². The fraction of sp³-hybridized carbons (Fsp3) is 0.250. The molecule has 1 unspecified atom stereocenters.